The van der Waals surface area contributed by atoms with Crippen molar-refractivity contribution < 1.29 is 20.4 Å². The summed E-state index contributed by atoms with van der Waals surface area (Å²) in [5.41, 5.74) is 15.4. The van der Waals surface area contributed by atoms with E-state index in [9.17, 15) is 20.4 Å². The summed E-state index contributed by atoms with van der Waals surface area (Å²) < 4.78 is 0. The summed E-state index contributed by atoms with van der Waals surface area (Å²) >= 11 is 0. The van der Waals surface area contributed by atoms with E-state index in [1.54, 1.807) is 0 Å². The van der Waals surface area contributed by atoms with Gasteiger partial charge in [0.2, 0.25) is 0 Å². The van der Waals surface area contributed by atoms with E-state index in [0.717, 1.165) is 96.3 Å². The molecule has 346 valence electrons. The van der Waals surface area contributed by atoms with E-state index in [4.69, 9.17) is 0 Å². The van der Waals surface area contributed by atoms with Crippen molar-refractivity contribution in [3.63, 3.8) is 0 Å². The van der Waals surface area contributed by atoms with Crippen molar-refractivity contribution in [1.82, 2.24) is 0 Å². The Hall–Kier alpha value is -3.86. The Morgan fingerprint density at radius 1 is 0.355 bits per heavy atom. The molecule has 4 N–H and O–H groups in total. The molecule has 4 heteroatoms. The molecule has 0 saturated carbocycles. The van der Waals surface area contributed by atoms with Gasteiger partial charge in [-0.05, 0) is 204 Å². The van der Waals surface area contributed by atoms with Gasteiger partial charge in [0.25, 0.3) is 0 Å². The summed E-state index contributed by atoms with van der Waals surface area (Å²) in [4.78, 5) is 0. The fraction of sp³-hybridized carbons (Fsp3) is 0.552. The van der Waals surface area contributed by atoms with Crippen molar-refractivity contribution in [2.24, 2.45) is 0 Å². The molecular weight excluding hydrogens is 761 g/mol. The van der Waals surface area contributed by atoms with E-state index in [1.165, 1.54) is 81.1 Å². The second-order valence-electron chi connectivity index (χ2n) is 18.5. The average Bonchev–Trinajstić information content (AvgIpc) is 3.20. The number of benzene rings is 1. The van der Waals surface area contributed by atoms with Crippen molar-refractivity contribution in [1.29, 1.82) is 0 Å². The highest BCUT2D eigenvalue weighted by molar-refractivity contribution is 5.52. The summed E-state index contributed by atoms with van der Waals surface area (Å²) in [6.45, 7) is 23.7. The van der Waals surface area contributed by atoms with Crippen LogP contribution >= 0.6 is 0 Å². The van der Waals surface area contributed by atoms with Crippen LogP contribution in [0.4, 0.5) is 0 Å². The Balaban J connectivity index is 2.29. The van der Waals surface area contributed by atoms with Gasteiger partial charge < -0.3 is 20.4 Å². The molecule has 0 bridgehead atoms. The van der Waals surface area contributed by atoms with E-state index in [1.807, 2.05) is 0 Å². The number of aliphatic hydroxyl groups excluding tert-OH is 2. The number of hydrogen-bond acceptors (Lipinski definition) is 4. The highest BCUT2D eigenvalue weighted by atomic mass is 16.3. The van der Waals surface area contributed by atoms with E-state index in [-0.39, 0.29) is 22.6 Å². The predicted octanol–water partition coefficient (Wildman–Crippen LogP) is 17.1. The van der Waals surface area contributed by atoms with E-state index in [2.05, 4.69) is 137 Å². The first-order valence-corrected chi connectivity index (χ1v) is 23.9. The Morgan fingerprint density at radius 3 is 0.839 bits per heavy atom. The quantitative estimate of drug-likeness (QED) is 0.0443. The third kappa shape index (κ3) is 27.3. The lowest BCUT2D eigenvalue weighted by atomic mass is 9.98. The molecular formula is C58H90O4. The van der Waals surface area contributed by atoms with Gasteiger partial charge in [0.05, 0.1) is 13.2 Å². The molecule has 0 amide bonds. The molecule has 1 aromatic carbocycles. The SMILES string of the molecule is CC(C)=CCC/C(C)=C/CC/C(C)=C/CC/C(C)=C/CC/C(C)=C/CC/C(C)=C/CC/C(C)=C/CC/C(C)=C/CC/C(C)=C/CC/C(C)=C/Cc1cc(O)c(CO)c(CO)c1O. The van der Waals surface area contributed by atoms with Crippen LogP contribution in [0.25, 0.3) is 0 Å². The predicted molar refractivity (Wildman–Crippen MR) is 272 cm³/mol. The lowest BCUT2D eigenvalue weighted by molar-refractivity contribution is 0.250. The van der Waals surface area contributed by atoms with Crippen LogP contribution in [0.15, 0.2) is 123 Å². The maximum absolute atomic E-state index is 10.5. The van der Waals surface area contributed by atoms with E-state index >= 15 is 0 Å². The van der Waals surface area contributed by atoms with Crippen molar-refractivity contribution in [2.75, 3.05) is 0 Å². The van der Waals surface area contributed by atoms with Crippen LogP contribution in [-0.2, 0) is 19.6 Å². The molecule has 0 saturated heterocycles. The summed E-state index contributed by atoms with van der Waals surface area (Å²) in [7, 11) is 0. The number of phenols is 2. The number of allylic oxidation sites excluding steroid dienone is 20. The zero-order valence-corrected chi connectivity index (χ0v) is 41.5. The van der Waals surface area contributed by atoms with Crippen LogP contribution in [0.1, 0.15) is 208 Å². The van der Waals surface area contributed by atoms with Crippen molar-refractivity contribution in [2.45, 2.75) is 211 Å². The normalized spacial score (nSPS) is 14.3. The molecule has 0 radical (unpaired) electrons. The Kier molecular flexibility index (Phi) is 30.5. The number of rotatable bonds is 31. The number of aromatic hydroxyl groups is 2. The van der Waals surface area contributed by atoms with E-state index < -0.39 is 13.2 Å². The van der Waals surface area contributed by atoms with Crippen LogP contribution < -0.4 is 0 Å². The summed E-state index contributed by atoms with van der Waals surface area (Å²) in [5, 5.41) is 39.7. The Bertz CT molecular complexity index is 1790. The fourth-order valence-electron chi connectivity index (χ4n) is 7.48. The number of aliphatic hydroxyl groups is 2. The topological polar surface area (TPSA) is 80.9 Å². The van der Waals surface area contributed by atoms with Gasteiger partial charge in [-0.25, -0.2) is 0 Å². The van der Waals surface area contributed by atoms with Gasteiger partial charge in [0.15, 0.2) is 0 Å². The Morgan fingerprint density at radius 2 is 0.597 bits per heavy atom. The van der Waals surface area contributed by atoms with Crippen LogP contribution in [-0.4, -0.2) is 20.4 Å². The molecule has 0 unspecified atom stereocenters. The third-order valence-corrected chi connectivity index (χ3v) is 11.9. The molecule has 0 aliphatic heterocycles. The van der Waals surface area contributed by atoms with E-state index in [0.29, 0.717) is 12.0 Å². The minimum absolute atomic E-state index is 0.0582. The first-order chi connectivity index (χ1) is 29.6. The zero-order valence-electron chi connectivity index (χ0n) is 41.5. The van der Waals surface area contributed by atoms with Gasteiger partial charge in [-0.2, -0.15) is 0 Å². The largest absolute Gasteiger partial charge is 0.508 e. The maximum Gasteiger partial charge on any atom is 0.125 e. The molecule has 1 aromatic rings. The van der Waals surface area contributed by atoms with Gasteiger partial charge in [-0.3, -0.25) is 0 Å². The fourth-order valence-corrected chi connectivity index (χ4v) is 7.48. The zero-order chi connectivity index (χ0) is 46.3. The van der Waals surface area contributed by atoms with Crippen LogP contribution in [0.3, 0.4) is 0 Å². The van der Waals surface area contributed by atoms with Gasteiger partial charge in [0.1, 0.15) is 11.5 Å². The van der Waals surface area contributed by atoms with Crippen molar-refractivity contribution in [3.05, 3.63) is 139 Å². The minimum atomic E-state index is -0.437. The molecule has 4 nitrogen and oxygen atoms in total. The van der Waals surface area contributed by atoms with Crippen molar-refractivity contribution >= 4 is 0 Å². The molecule has 0 atom stereocenters. The van der Waals surface area contributed by atoms with Crippen LogP contribution in [0.5, 0.6) is 11.5 Å². The van der Waals surface area contributed by atoms with Gasteiger partial charge >= 0.3 is 0 Å². The minimum Gasteiger partial charge on any atom is -0.508 e. The Labute approximate surface area is 381 Å². The van der Waals surface area contributed by atoms with Gasteiger partial charge in [-0.15, -0.1) is 0 Å². The van der Waals surface area contributed by atoms with Gasteiger partial charge in [0, 0.05) is 16.7 Å². The molecule has 0 heterocycles. The molecule has 0 aliphatic carbocycles. The molecule has 0 aromatic heterocycles. The second kappa shape index (κ2) is 33.7. The van der Waals surface area contributed by atoms with Crippen LogP contribution in [0, 0.1) is 0 Å². The third-order valence-electron chi connectivity index (χ3n) is 11.9. The average molecular weight is 851 g/mol. The molecule has 0 spiro atoms. The van der Waals surface area contributed by atoms with Crippen molar-refractivity contribution in [3.8, 4) is 11.5 Å². The smallest absolute Gasteiger partial charge is 0.125 e. The highest BCUT2D eigenvalue weighted by Crippen LogP contribution is 2.34. The molecule has 1 rings (SSSR count). The first kappa shape index (κ1) is 56.2. The highest BCUT2D eigenvalue weighted by Gasteiger charge is 2.16. The standard InChI is InChI=1S/C58H90O4/c1-44(2)21-12-22-45(3)23-13-24-46(4)25-14-26-47(5)27-15-28-48(6)29-16-30-49(7)31-17-32-50(8)33-18-34-51(9)35-19-36-52(10)37-20-38-53(11)39-40-54-41-57(61)55(42-59)56(43-60)58(54)62/h21,23,25,27,29,31,33,35,37,39,41,59-62H,12-20,22,24,26,28,30,32,34,36,38,40,42-43H2,1-11H3/b45-23+,46-25+,47-27+,48-29+,49-31+,50-33+,51-35+,52-37+,53-39+. The lowest BCUT2D eigenvalue weighted by Crippen LogP contribution is -1.99. The summed E-state index contributed by atoms with van der Waals surface area (Å²) in [5.74, 6) is -0.161. The summed E-state index contributed by atoms with van der Waals surface area (Å²) in [6, 6.07) is 1.47. The van der Waals surface area contributed by atoms with Gasteiger partial charge in [-0.1, -0.05) is 116 Å². The molecule has 0 aliphatic rings. The maximum atomic E-state index is 10.5. The molecule has 62 heavy (non-hydrogen) atoms. The number of hydrogen-bond donors (Lipinski definition) is 4. The monoisotopic (exact) mass is 851 g/mol. The second-order valence-corrected chi connectivity index (χ2v) is 18.5. The molecule has 0 fully saturated rings. The lowest BCUT2D eigenvalue weighted by Gasteiger charge is -2.13. The summed E-state index contributed by atoms with van der Waals surface area (Å²) in [6.07, 6.45) is 44.3. The van der Waals surface area contributed by atoms with Crippen LogP contribution in [0.2, 0.25) is 0 Å². The first-order valence-electron chi connectivity index (χ1n) is 23.9.